The number of hydrogen-bond donors (Lipinski definition) is 0. The Morgan fingerprint density at radius 3 is 1.37 bits per heavy atom. The summed E-state index contributed by atoms with van der Waals surface area (Å²) in [5.41, 5.74) is 1.32. The third-order valence-electron chi connectivity index (χ3n) is 4.64. The Labute approximate surface area is 177 Å². The van der Waals surface area contributed by atoms with Gasteiger partial charge in [0.05, 0.1) is 13.3 Å². The van der Waals surface area contributed by atoms with Crippen molar-refractivity contribution in [2.45, 2.75) is 111 Å². The molecule has 1 nitrogen and oxygen atoms in total. The van der Waals surface area contributed by atoms with E-state index in [2.05, 4.69) is 26.0 Å². The molecule has 0 aliphatic carbocycles. The first kappa shape index (κ1) is 29.2. The standard InChI is InChI=1S/C22H39O.F6P/c1-4-5-6-7-8-9-10-11-12-13-14-15-16-17-22-19-20(2)18-21(3)23-22;1-7(2,3,4,5)6/h18-19H,4-17H2,1-3H3;/q+1;-1. The van der Waals surface area contributed by atoms with Gasteiger partial charge in [-0.3, -0.25) is 0 Å². The number of unbranched alkanes of at least 4 members (excludes halogenated alkanes) is 12. The van der Waals surface area contributed by atoms with Crippen LogP contribution in [-0.2, 0) is 6.42 Å². The van der Waals surface area contributed by atoms with E-state index in [-0.39, 0.29) is 0 Å². The fourth-order valence-corrected chi connectivity index (χ4v) is 3.32. The maximum absolute atomic E-state index is 10.7. The molecule has 0 atom stereocenters. The van der Waals surface area contributed by atoms with Gasteiger partial charge in [-0.15, -0.1) is 0 Å². The topological polar surface area (TPSA) is 11.3 Å². The van der Waals surface area contributed by atoms with Crippen molar-refractivity contribution in [3.63, 3.8) is 0 Å². The van der Waals surface area contributed by atoms with Crippen LogP contribution < -0.4 is 0 Å². The van der Waals surface area contributed by atoms with Crippen molar-refractivity contribution in [2.24, 2.45) is 0 Å². The fraction of sp³-hybridized carbons (Fsp3) is 0.773. The fourth-order valence-electron chi connectivity index (χ4n) is 3.32. The van der Waals surface area contributed by atoms with Crippen LogP contribution in [0.3, 0.4) is 0 Å². The van der Waals surface area contributed by atoms with Crippen LogP contribution in [0.15, 0.2) is 16.5 Å². The van der Waals surface area contributed by atoms with Crippen LogP contribution in [-0.4, -0.2) is 0 Å². The van der Waals surface area contributed by atoms with Crippen LogP contribution in [0.5, 0.6) is 0 Å². The summed E-state index contributed by atoms with van der Waals surface area (Å²) in [7, 11) is -10.7. The van der Waals surface area contributed by atoms with Gasteiger partial charge in [-0.25, -0.2) is 4.42 Å². The summed E-state index contributed by atoms with van der Waals surface area (Å²) in [6.07, 6.45) is 19.5. The van der Waals surface area contributed by atoms with Gasteiger partial charge in [-0.1, -0.05) is 84.0 Å². The molecule has 0 aliphatic rings. The molecule has 180 valence electrons. The van der Waals surface area contributed by atoms with Gasteiger partial charge < -0.3 is 0 Å². The van der Waals surface area contributed by atoms with Crippen molar-refractivity contribution in [1.82, 2.24) is 0 Å². The van der Waals surface area contributed by atoms with Crippen molar-refractivity contribution in [1.29, 1.82) is 0 Å². The van der Waals surface area contributed by atoms with Crippen molar-refractivity contribution in [2.75, 3.05) is 0 Å². The van der Waals surface area contributed by atoms with Crippen molar-refractivity contribution < 1.29 is 29.6 Å². The molecule has 0 spiro atoms. The third kappa shape index (κ3) is 27.2. The Bertz CT molecular complexity index is 555. The van der Waals surface area contributed by atoms with E-state index >= 15 is 0 Å². The quantitative estimate of drug-likeness (QED) is 0.115. The van der Waals surface area contributed by atoms with Crippen molar-refractivity contribution in [3.8, 4) is 0 Å². The number of rotatable bonds is 14. The minimum atomic E-state index is -10.7. The molecule has 0 bridgehead atoms. The number of hydrogen-bond acceptors (Lipinski definition) is 0. The maximum atomic E-state index is 9.87. The second-order valence-corrected chi connectivity index (χ2v) is 10.1. The monoisotopic (exact) mass is 464 g/mol. The molecule has 0 amide bonds. The molecule has 1 aromatic heterocycles. The van der Waals surface area contributed by atoms with Gasteiger partial charge in [-0.05, 0) is 18.9 Å². The molecule has 0 aromatic carbocycles. The van der Waals surface area contributed by atoms with Crippen LogP contribution in [0.2, 0.25) is 0 Å². The molecule has 0 fully saturated rings. The molecular weight excluding hydrogens is 425 g/mol. The summed E-state index contributed by atoms with van der Waals surface area (Å²) in [4.78, 5) is 0. The minimum absolute atomic E-state index is 1.04. The molecule has 1 heterocycles. The summed E-state index contributed by atoms with van der Waals surface area (Å²) in [5.74, 6) is 2.19. The van der Waals surface area contributed by atoms with Crippen LogP contribution in [0.4, 0.5) is 25.2 Å². The van der Waals surface area contributed by atoms with E-state index in [9.17, 15) is 25.2 Å². The van der Waals surface area contributed by atoms with E-state index in [1.54, 1.807) is 0 Å². The Kier molecular flexibility index (Phi) is 12.5. The average Bonchev–Trinajstić information content (AvgIpc) is 2.55. The Balaban J connectivity index is 0.00000103. The summed E-state index contributed by atoms with van der Waals surface area (Å²) >= 11 is 0. The predicted molar refractivity (Wildman–Crippen MR) is 116 cm³/mol. The van der Waals surface area contributed by atoms with Gasteiger partial charge in [0.15, 0.2) is 0 Å². The van der Waals surface area contributed by atoms with E-state index in [1.165, 1.54) is 89.0 Å². The molecule has 0 radical (unpaired) electrons. The molecule has 1 aromatic rings. The van der Waals surface area contributed by atoms with Crippen LogP contribution in [0, 0.1) is 13.8 Å². The van der Waals surface area contributed by atoms with E-state index in [1.807, 2.05) is 6.92 Å². The summed E-state index contributed by atoms with van der Waals surface area (Å²) in [6.45, 7) is 6.48. The Morgan fingerprint density at radius 2 is 1.00 bits per heavy atom. The zero-order chi connectivity index (χ0) is 23.2. The molecule has 0 N–H and O–H groups in total. The third-order valence-corrected chi connectivity index (χ3v) is 4.64. The summed E-state index contributed by atoms with van der Waals surface area (Å²) in [6, 6.07) is 4.29. The number of aryl methyl sites for hydroxylation is 3. The first-order valence-corrected chi connectivity index (χ1v) is 13.2. The SMILES string of the molecule is CCCCCCCCCCCCCCCc1cc(C)cc(C)[o+]1.F[P-](F)(F)(F)(F)F. The van der Waals surface area contributed by atoms with E-state index in [0.29, 0.717) is 0 Å². The van der Waals surface area contributed by atoms with E-state index < -0.39 is 7.81 Å². The van der Waals surface area contributed by atoms with Gasteiger partial charge in [0.2, 0.25) is 0 Å². The second-order valence-electron chi connectivity index (χ2n) is 8.16. The van der Waals surface area contributed by atoms with Crippen molar-refractivity contribution >= 4 is 7.81 Å². The molecule has 1 rings (SSSR count). The first-order valence-electron chi connectivity index (χ1n) is 11.1. The average molecular weight is 465 g/mol. The second kappa shape index (κ2) is 12.9. The molecule has 30 heavy (non-hydrogen) atoms. The zero-order valence-electron chi connectivity index (χ0n) is 18.7. The van der Waals surface area contributed by atoms with E-state index in [0.717, 1.165) is 17.9 Å². The Hall–Kier alpha value is -0.840. The molecule has 8 heteroatoms. The zero-order valence-corrected chi connectivity index (χ0v) is 19.6. The van der Waals surface area contributed by atoms with Gasteiger partial charge in [-0.2, -0.15) is 0 Å². The molecule has 0 unspecified atom stereocenters. The van der Waals surface area contributed by atoms with Crippen LogP contribution in [0.1, 0.15) is 107 Å². The molecule has 0 aliphatic heterocycles. The first-order chi connectivity index (χ1) is 13.7. The van der Waals surface area contributed by atoms with Gasteiger partial charge >= 0.3 is 44.5 Å². The molecule has 0 saturated heterocycles. The predicted octanol–water partition coefficient (Wildman–Crippen LogP) is 11.2. The summed E-state index contributed by atoms with van der Waals surface area (Å²) in [5, 5.41) is 0. The van der Waals surface area contributed by atoms with Gasteiger partial charge in [0.25, 0.3) is 0 Å². The van der Waals surface area contributed by atoms with Gasteiger partial charge in [0.1, 0.15) is 0 Å². The Morgan fingerprint density at radius 1 is 0.633 bits per heavy atom. The van der Waals surface area contributed by atoms with Crippen molar-refractivity contribution in [3.05, 3.63) is 29.2 Å². The normalized spacial score (nSPS) is 13.9. The number of halogens is 6. The van der Waals surface area contributed by atoms with Gasteiger partial charge in [0, 0.05) is 12.1 Å². The van der Waals surface area contributed by atoms with E-state index in [4.69, 9.17) is 4.42 Å². The summed E-state index contributed by atoms with van der Waals surface area (Å²) < 4.78 is 65.0. The van der Waals surface area contributed by atoms with Crippen LogP contribution >= 0.6 is 7.81 Å². The molecular formula is C22H39F6OP. The van der Waals surface area contributed by atoms with Crippen LogP contribution in [0.25, 0.3) is 0 Å². The molecule has 0 saturated carbocycles.